The van der Waals surface area contributed by atoms with Gasteiger partial charge < -0.3 is 15.1 Å². The van der Waals surface area contributed by atoms with Crippen LogP contribution in [0, 0.1) is 6.92 Å². The number of thioether (sulfide) groups is 1. The smallest absolute Gasteiger partial charge is 0.250 e. The number of fused-ring (bicyclic) bond motifs is 1. The van der Waals surface area contributed by atoms with Crippen LogP contribution in [0.1, 0.15) is 36.8 Å². The van der Waals surface area contributed by atoms with Gasteiger partial charge in [-0.2, -0.15) is 0 Å². The molecular weight excluding hydrogens is 422 g/mol. The van der Waals surface area contributed by atoms with Crippen LogP contribution in [-0.2, 0) is 20.9 Å². The van der Waals surface area contributed by atoms with Crippen molar-refractivity contribution in [3.63, 3.8) is 0 Å². The van der Waals surface area contributed by atoms with E-state index in [-0.39, 0.29) is 24.3 Å². The van der Waals surface area contributed by atoms with Gasteiger partial charge in [-0.15, -0.1) is 11.8 Å². The van der Waals surface area contributed by atoms with Gasteiger partial charge in [-0.3, -0.25) is 14.4 Å². The van der Waals surface area contributed by atoms with E-state index in [0.717, 1.165) is 41.7 Å². The second kappa shape index (κ2) is 10.2. The van der Waals surface area contributed by atoms with E-state index in [9.17, 15) is 14.4 Å². The summed E-state index contributed by atoms with van der Waals surface area (Å²) in [7, 11) is 0. The van der Waals surface area contributed by atoms with Crippen molar-refractivity contribution >= 4 is 35.2 Å². The third-order valence-corrected chi connectivity index (χ3v) is 7.18. The van der Waals surface area contributed by atoms with Crippen molar-refractivity contribution in [2.24, 2.45) is 0 Å². The molecule has 2 aliphatic heterocycles. The fourth-order valence-corrected chi connectivity index (χ4v) is 5.29. The molecule has 0 bridgehead atoms. The van der Waals surface area contributed by atoms with E-state index in [0.29, 0.717) is 25.3 Å². The lowest BCUT2D eigenvalue weighted by molar-refractivity contribution is -0.135. The van der Waals surface area contributed by atoms with Crippen LogP contribution >= 0.6 is 11.8 Å². The van der Waals surface area contributed by atoms with Gasteiger partial charge in [0.25, 0.3) is 5.91 Å². The minimum Gasteiger partial charge on any atom is -0.350 e. The lowest BCUT2D eigenvalue weighted by atomic mass is 10.1. The van der Waals surface area contributed by atoms with Crippen LogP contribution in [0.25, 0.3) is 0 Å². The molecule has 0 spiro atoms. The van der Waals surface area contributed by atoms with Crippen molar-refractivity contribution in [1.82, 2.24) is 10.2 Å². The highest BCUT2D eigenvalue weighted by atomic mass is 32.2. The van der Waals surface area contributed by atoms with E-state index < -0.39 is 5.25 Å². The van der Waals surface area contributed by atoms with Gasteiger partial charge in [0.15, 0.2) is 5.25 Å². The summed E-state index contributed by atoms with van der Waals surface area (Å²) in [4.78, 5) is 43.5. The van der Waals surface area contributed by atoms with Crippen LogP contribution in [0.4, 0.5) is 5.69 Å². The van der Waals surface area contributed by atoms with E-state index >= 15 is 0 Å². The van der Waals surface area contributed by atoms with Crippen molar-refractivity contribution in [3.8, 4) is 0 Å². The molecule has 2 aromatic rings. The molecule has 0 unspecified atom stereocenters. The highest BCUT2D eigenvalue weighted by Crippen LogP contribution is 2.39. The Morgan fingerprint density at radius 2 is 1.69 bits per heavy atom. The number of nitrogens with one attached hydrogen (secondary N) is 1. The first-order valence-electron chi connectivity index (χ1n) is 11.2. The van der Waals surface area contributed by atoms with E-state index in [1.54, 1.807) is 0 Å². The summed E-state index contributed by atoms with van der Waals surface area (Å²) in [6, 6.07) is 15.4. The molecule has 4 rings (SSSR count). The molecule has 0 saturated carbocycles. The Kier molecular flexibility index (Phi) is 7.15. The molecule has 6 nitrogen and oxygen atoms in total. The molecule has 0 aliphatic carbocycles. The molecule has 1 N–H and O–H groups in total. The van der Waals surface area contributed by atoms with E-state index in [4.69, 9.17) is 0 Å². The molecule has 1 fully saturated rings. The molecule has 2 aliphatic rings. The van der Waals surface area contributed by atoms with Crippen molar-refractivity contribution in [3.05, 3.63) is 59.7 Å². The number of hydrogen-bond acceptors (Lipinski definition) is 4. The van der Waals surface area contributed by atoms with Gasteiger partial charge in [-0.25, -0.2) is 0 Å². The number of hydrogen-bond donors (Lipinski definition) is 1. The molecule has 2 aromatic carbocycles. The number of nitrogens with zero attached hydrogens (tertiary/aromatic N) is 2. The molecule has 0 aromatic heterocycles. The number of amides is 3. The number of rotatable bonds is 5. The monoisotopic (exact) mass is 451 g/mol. The van der Waals surface area contributed by atoms with Crippen LogP contribution in [0.15, 0.2) is 53.4 Å². The maximum Gasteiger partial charge on any atom is 0.250 e. The zero-order chi connectivity index (χ0) is 22.5. The molecular formula is C25H29N3O3S. The Balaban J connectivity index is 1.48. The first kappa shape index (κ1) is 22.4. The van der Waals surface area contributed by atoms with Crippen molar-refractivity contribution in [1.29, 1.82) is 0 Å². The fourth-order valence-electron chi connectivity index (χ4n) is 4.10. The summed E-state index contributed by atoms with van der Waals surface area (Å²) in [6.45, 7) is 3.70. The van der Waals surface area contributed by atoms with E-state index in [1.807, 2.05) is 60.4 Å². The standard InChI is InChI=1S/C25H29N3O3S/c1-18-10-12-19(13-11-18)16-26-22(29)17-28-20-8-4-5-9-21(20)32-23(25(28)31)24(30)27-14-6-2-3-7-15-27/h4-5,8-13,23H,2-3,6-7,14-17H2,1H3,(H,26,29)/t23-/m1/s1. The van der Waals surface area contributed by atoms with Crippen molar-refractivity contribution < 1.29 is 14.4 Å². The second-order valence-electron chi connectivity index (χ2n) is 8.39. The predicted molar refractivity (Wildman–Crippen MR) is 127 cm³/mol. The van der Waals surface area contributed by atoms with Gasteiger partial charge in [0.2, 0.25) is 11.8 Å². The first-order valence-corrected chi connectivity index (χ1v) is 12.1. The average molecular weight is 452 g/mol. The number of para-hydroxylation sites is 1. The van der Waals surface area contributed by atoms with Gasteiger partial charge in [0.1, 0.15) is 6.54 Å². The number of anilines is 1. The van der Waals surface area contributed by atoms with Crippen LogP contribution < -0.4 is 10.2 Å². The third kappa shape index (κ3) is 5.15. The minimum absolute atomic E-state index is 0.105. The molecule has 2 heterocycles. The molecule has 7 heteroatoms. The normalized spacial score (nSPS) is 18.7. The highest BCUT2D eigenvalue weighted by Gasteiger charge is 2.40. The Labute approximate surface area is 193 Å². The quantitative estimate of drug-likeness (QED) is 0.707. The molecule has 168 valence electrons. The highest BCUT2D eigenvalue weighted by molar-refractivity contribution is 8.01. The van der Waals surface area contributed by atoms with Crippen LogP contribution in [0.2, 0.25) is 0 Å². The summed E-state index contributed by atoms with van der Waals surface area (Å²) >= 11 is 1.30. The molecule has 32 heavy (non-hydrogen) atoms. The fraction of sp³-hybridized carbons (Fsp3) is 0.400. The number of aryl methyl sites for hydroxylation is 1. The summed E-state index contributed by atoms with van der Waals surface area (Å²) in [5.74, 6) is -0.698. The summed E-state index contributed by atoms with van der Waals surface area (Å²) < 4.78 is 0. The van der Waals surface area contributed by atoms with Crippen molar-refractivity contribution in [2.45, 2.75) is 49.3 Å². The minimum atomic E-state index is -0.840. The number of benzene rings is 2. The van der Waals surface area contributed by atoms with Gasteiger partial charge in [-0.05, 0) is 37.5 Å². The van der Waals surface area contributed by atoms with Crippen molar-refractivity contribution in [2.75, 3.05) is 24.5 Å². The lowest BCUT2D eigenvalue weighted by Crippen LogP contribution is -2.52. The van der Waals surface area contributed by atoms with Crippen LogP contribution in [0.5, 0.6) is 0 Å². The molecule has 0 radical (unpaired) electrons. The topological polar surface area (TPSA) is 69.7 Å². The average Bonchev–Trinajstić information content (AvgIpc) is 3.09. The van der Waals surface area contributed by atoms with E-state index in [1.165, 1.54) is 16.7 Å². The summed E-state index contributed by atoms with van der Waals surface area (Å²) in [5, 5.41) is 2.06. The maximum absolute atomic E-state index is 13.4. The number of carbonyl (C=O) groups excluding carboxylic acids is 3. The third-order valence-electron chi connectivity index (χ3n) is 5.95. The maximum atomic E-state index is 13.4. The Hall–Kier alpha value is -2.80. The Bertz CT molecular complexity index is 984. The lowest BCUT2D eigenvalue weighted by Gasteiger charge is -2.34. The van der Waals surface area contributed by atoms with Gasteiger partial charge in [0.05, 0.1) is 5.69 Å². The summed E-state index contributed by atoms with van der Waals surface area (Å²) in [6.07, 6.45) is 4.18. The zero-order valence-electron chi connectivity index (χ0n) is 18.4. The van der Waals surface area contributed by atoms with Gasteiger partial charge in [0, 0.05) is 24.5 Å². The largest absolute Gasteiger partial charge is 0.350 e. The Morgan fingerprint density at radius 3 is 2.41 bits per heavy atom. The number of likely N-dealkylation sites (tertiary alicyclic amines) is 1. The Morgan fingerprint density at radius 1 is 1.00 bits per heavy atom. The number of carbonyl (C=O) groups is 3. The first-order chi connectivity index (χ1) is 15.5. The van der Waals surface area contributed by atoms with E-state index in [2.05, 4.69) is 5.32 Å². The van der Waals surface area contributed by atoms with Crippen LogP contribution in [0.3, 0.4) is 0 Å². The zero-order valence-corrected chi connectivity index (χ0v) is 19.2. The SMILES string of the molecule is Cc1ccc(CNC(=O)CN2C(=O)[C@@H](C(=O)N3CCCCCC3)Sc3ccccc32)cc1. The van der Waals surface area contributed by atoms with Gasteiger partial charge in [-0.1, -0.05) is 54.8 Å². The van der Waals surface area contributed by atoms with Crippen LogP contribution in [-0.4, -0.2) is 47.5 Å². The molecule has 3 amide bonds. The molecule has 1 atom stereocenters. The molecule has 1 saturated heterocycles. The second-order valence-corrected chi connectivity index (χ2v) is 9.54. The summed E-state index contributed by atoms with van der Waals surface area (Å²) in [5.41, 5.74) is 2.85. The van der Waals surface area contributed by atoms with Gasteiger partial charge >= 0.3 is 0 Å². The predicted octanol–water partition coefficient (Wildman–Crippen LogP) is 3.52.